The van der Waals surface area contributed by atoms with Gasteiger partial charge in [-0.05, 0) is 35.3 Å². The summed E-state index contributed by atoms with van der Waals surface area (Å²) in [4.78, 5) is 0. The molecule has 0 aliphatic heterocycles. The minimum Gasteiger partial charge on any atom is -0.271 e. The van der Waals surface area contributed by atoms with Gasteiger partial charge in [-0.25, -0.2) is 0 Å². The normalized spacial score (nSPS) is 17.8. The Hall–Kier alpha value is -0.860. The first-order valence-electron chi connectivity index (χ1n) is 7.07. The Morgan fingerprint density at radius 2 is 1.83 bits per heavy atom. The van der Waals surface area contributed by atoms with E-state index in [1.165, 1.54) is 30.4 Å². The fourth-order valence-corrected chi connectivity index (χ4v) is 2.37. The molecular weight excluding hydrogens is 220 g/mol. The highest BCUT2D eigenvalue weighted by Crippen LogP contribution is 2.36. The van der Waals surface area contributed by atoms with E-state index < -0.39 is 0 Å². The molecule has 0 saturated heterocycles. The molecule has 1 aromatic rings. The first kappa shape index (κ1) is 13.6. The largest absolute Gasteiger partial charge is 0.271 e. The van der Waals surface area contributed by atoms with E-state index in [0.717, 1.165) is 12.3 Å². The van der Waals surface area contributed by atoms with Crippen molar-refractivity contribution in [1.29, 1.82) is 0 Å². The van der Waals surface area contributed by atoms with Crippen LogP contribution in [0, 0.1) is 5.92 Å². The molecule has 18 heavy (non-hydrogen) atoms. The maximum Gasteiger partial charge on any atom is 0.0460 e. The molecule has 1 aliphatic rings. The summed E-state index contributed by atoms with van der Waals surface area (Å²) in [5.74, 6) is 6.65. The van der Waals surface area contributed by atoms with Crippen molar-refractivity contribution in [1.82, 2.24) is 5.43 Å². The van der Waals surface area contributed by atoms with Crippen molar-refractivity contribution in [2.75, 3.05) is 0 Å². The Kier molecular flexibility index (Phi) is 4.08. The summed E-state index contributed by atoms with van der Waals surface area (Å²) < 4.78 is 0. The number of hydrogen-bond donors (Lipinski definition) is 2. The van der Waals surface area contributed by atoms with Crippen LogP contribution in [0.3, 0.4) is 0 Å². The molecule has 3 N–H and O–H groups in total. The van der Waals surface area contributed by atoms with Crippen LogP contribution in [0.5, 0.6) is 0 Å². The highest BCUT2D eigenvalue weighted by atomic mass is 15.2. The molecule has 1 unspecified atom stereocenters. The van der Waals surface area contributed by atoms with Gasteiger partial charge < -0.3 is 0 Å². The Labute approximate surface area is 111 Å². The van der Waals surface area contributed by atoms with Crippen molar-refractivity contribution in [2.24, 2.45) is 11.8 Å². The van der Waals surface area contributed by atoms with E-state index in [0.29, 0.717) is 6.04 Å². The molecule has 1 atom stereocenters. The lowest BCUT2D eigenvalue weighted by molar-refractivity contribution is 0.481. The monoisotopic (exact) mass is 246 g/mol. The molecule has 0 radical (unpaired) electrons. The van der Waals surface area contributed by atoms with Crippen molar-refractivity contribution < 1.29 is 0 Å². The lowest BCUT2D eigenvalue weighted by Gasteiger charge is -2.21. The predicted molar refractivity (Wildman–Crippen MR) is 77.2 cm³/mol. The molecular formula is C16H26N2. The molecule has 0 bridgehead atoms. The Morgan fingerprint density at radius 1 is 1.22 bits per heavy atom. The van der Waals surface area contributed by atoms with Crippen LogP contribution >= 0.6 is 0 Å². The Bertz CT molecular complexity index is 371. The minimum absolute atomic E-state index is 0.220. The molecule has 1 fully saturated rings. The summed E-state index contributed by atoms with van der Waals surface area (Å²) in [6.45, 7) is 6.73. The Balaban J connectivity index is 2.01. The zero-order valence-corrected chi connectivity index (χ0v) is 11.9. The summed E-state index contributed by atoms with van der Waals surface area (Å²) in [7, 11) is 0. The standard InChI is InChI=1S/C16H26N2/c1-16(2,3)14-9-7-13(8-10-14)15(18-17)11-6-12-4-5-12/h7-10,12,15,18H,4-6,11,17H2,1-3H3. The van der Waals surface area contributed by atoms with Crippen LogP contribution in [0.1, 0.15) is 63.6 Å². The fraction of sp³-hybridized carbons (Fsp3) is 0.625. The zero-order valence-electron chi connectivity index (χ0n) is 11.9. The molecule has 2 nitrogen and oxygen atoms in total. The van der Waals surface area contributed by atoms with Gasteiger partial charge in [0.05, 0.1) is 0 Å². The topological polar surface area (TPSA) is 38.0 Å². The molecule has 2 heteroatoms. The molecule has 0 spiro atoms. The van der Waals surface area contributed by atoms with Gasteiger partial charge in [0.25, 0.3) is 0 Å². The average molecular weight is 246 g/mol. The van der Waals surface area contributed by atoms with E-state index in [1.54, 1.807) is 0 Å². The highest BCUT2D eigenvalue weighted by Gasteiger charge is 2.23. The van der Waals surface area contributed by atoms with Crippen molar-refractivity contribution in [2.45, 2.75) is 57.9 Å². The van der Waals surface area contributed by atoms with Gasteiger partial charge in [0, 0.05) is 6.04 Å². The van der Waals surface area contributed by atoms with Crippen molar-refractivity contribution >= 4 is 0 Å². The van der Waals surface area contributed by atoms with Crippen LogP contribution in [0.4, 0.5) is 0 Å². The lowest BCUT2D eigenvalue weighted by atomic mass is 9.86. The van der Waals surface area contributed by atoms with Crippen LogP contribution in [0.15, 0.2) is 24.3 Å². The van der Waals surface area contributed by atoms with Gasteiger partial charge in [0.2, 0.25) is 0 Å². The second-order valence-electron chi connectivity index (χ2n) is 6.61. The molecule has 0 heterocycles. The summed E-state index contributed by atoms with van der Waals surface area (Å²) in [5.41, 5.74) is 5.87. The third kappa shape index (κ3) is 3.56. The third-order valence-corrected chi connectivity index (χ3v) is 3.94. The first-order chi connectivity index (χ1) is 8.50. The lowest BCUT2D eigenvalue weighted by Crippen LogP contribution is -2.28. The molecule has 0 aromatic heterocycles. The van der Waals surface area contributed by atoms with Gasteiger partial charge in [-0.15, -0.1) is 0 Å². The van der Waals surface area contributed by atoms with E-state index in [-0.39, 0.29) is 5.41 Å². The number of hydrogen-bond acceptors (Lipinski definition) is 2. The van der Waals surface area contributed by atoms with E-state index in [1.807, 2.05) is 0 Å². The van der Waals surface area contributed by atoms with Crippen LogP contribution in [-0.2, 0) is 5.41 Å². The highest BCUT2D eigenvalue weighted by molar-refractivity contribution is 5.29. The number of benzene rings is 1. The van der Waals surface area contributed by atoms with Gasteiger partial charge in [-0.3, -0.25) is 11.3 Å². The number of nitrogens with one attached hydrogen (secondary N) is 1. The SMILES string of the molecule is CC(C)(C)c1ccc(C(CCC2CC2)NN)cc1. The minimum atomic E-state index is 0.220. The van der Waals surface area contributed by atoms with Crippen LogP contribution in [-0.4, -0.2) is 0 Å². The maximum absolute atomic E-state index is 5.69. The molecule has 1 aliphatic carbocycles. The van der Waals surface area contributed by atoms with Crippen molar-refractivity contribution in [3.8, 4) is 0 Å². The summed E-state index contributed by atoms with van der Waals surface area (Å²) >= 11 is 0. The number of rotatable bonds is 5. The number of nitrogens with two attached hydrogens (primary N) is 1. The van der Waals surface area contributed by atoms with Gasteiger partial charge in [-0.1, -0.05) is 57.9 Å². The van der Waals surface area contributed by atoms with Crippen molar-refractivity contribution in [3.63, 3.8) is 0 Å². The summed E-state index contributed by atoms with van der Waals surface area (Å²) in [5, 5.41) is 0. The molecule has 2 rings (SSSR count). The van der Waals surface area contributed by atoms with E-state index >= 15 is 0 Å². The van der Waals surface area contributed by atoms with Gasteiger partial charge in [-0.2, -0.15) is 0 Å². The van der Waals surface area contributed by atoms with Crippen LogP contribution in [0.2, 0.25) is 0 Å². The second kappa shape index (κ2) is 5.41. The molecule has 0 amide bonds. The summed E-state index contributed by atoms with van der Waals surface area (Å²) in [6.07, 6.45) is 5.28. The predicted octanol–water partition coefficient (Wildman–Crippen LogP) is 3.68. The van der Waals surface area contributed by atoms with Gasteiger partial charge in [0.15, 0.2) is 0 Å². The van der Waals surface area contributed by atoms with Crippen molar-refractivity contribution in [3.05, 3.63) is 35.4 Å². The molecule has 1 saturated carbocycles. The smallest absolute Gasteiger partial charge is 0.0460 e. The first-order valence-corrected chi connectivity index (χ1v) is 7.07. The quantitative estimate of drug-likeness (QED) is 0.614. The van der Waals surface area contributed by atoms with Crippen LogP contribution < -0.4 is 11.3 Å². The van der Waals surface area contributed by atoms with Gasteiger partial charge >= 0.3 is 0 Å². The second-order valence-corrected chi connectivity index (χ2v) is 6.61. The molecule has 1 aromatic carbocycles. The average Bonchev–Trinajstić information content (AvgIpc) is 3.13. The fourth-order valence-electron chi connectivity index (χ4n) is 2.37. The third-order valence-electron chi connectivity index (χ3n) is 3.94. The maximum atomic E-state index is 5.69. The van der Waals surface area contributed by atoms with Crippen LogP contribution in [0.25, 0.3) is 0 Å². The summed E-state index contributed by atoms with van der Waals surface area (Å²) in [6, 6.07) is 9.21. The number of hydrazine groups is 1. The van der Waals surface area contributed by atoms with Gasteiger partial charge in [0.1, 0.15) is 0 Å². The van der Waals surface area contributed by atoms with E-state index in [9.17, 15) is 0 Å². The van der Waals surface area contributed by atoms with E-state index in [2.05, 4.69) is 50.5 Å². The Morgan fingerprint density at radius 3 is 2.28 bits per heavy atom. The zero-order chi connectivity index (χ0) is 13.2. The molecule has 100 valence electrons. The van der Waals surface area contributed by atoms with E-state index in [4.69, 9.17) is 5.84 Å².